The number of hydrogen-bond acceptors (Lipinski definition) is 3. The van der Waals surface area contributed by atoms with Crippen LogP contribution in [0.2, 0.25) is 0 Å². The van der Waals surface area contributed by atoms with E-state index in [1.165, 1.54) is 11.1 Å². The Morgan fingerprint density at radius 1 is 0.970 bits per heavy atom. The van der Waals surface area contributed by atoms with Crippen molar-refractivity contribution in [1.29, 1.82) is 0 Å². The van der Waals surface area contributed by atoms with Crippen LogP contribution in [-0.4, -0.2) is 41.0 Å². The average molecular weight is 446 g/mol. The lowest BCUT2D eigenvalue weighted by molar-refractivity contribution is -0.129. The smallest absolute Gasteiger partial charge is 0.163 e. The number of nitrogens with zero attached hydrogens (tertiary/aromatic N) is 1. The summed E-state index contributed by atoms with van der Waals surface area (Å²) in [6.45, 7) is 13.0. The van der Waals surface area contributed by atoms with Crippen molar-refractivity contribution < 1.29 is 9.90 Å². The lowest BCUT2D eigenvalue weighted by Crippen LogP contribution is -2.53. The van der Waals surface area contributed by atoms with E-state index in [0.29, 0.717) is 24.8 Å². The van der Waals surface area contributed by atoms with Gasteiger partial charge in [-0.25, -0.2) is 0 Å². The normalized spacial score (nSPS) is 22.1. The van der Waals surface area contributed by atoms with Crippen LogP contribution in [0.25, 0.3) is 12.2 Å². The van der Waals surface area contributed by atoms with E-state index in [9.17, 15) is 9.90 Å². The Balaban J connectivity index is 1.78. The Hall–Kier alpha value is -2.49. The van der Waals surface area contributed by atoms with Gasteiger partial charge in [-0.1, -0.05) is 101 Å². The van der Waals surface area contributed by atoms with E-state index in [1.807, 2.05) is 30.4 Å². The molecule has 1 saturated heterocycles. The standard InChI is InChI=1S/C30H39NO2/c1-6-31-20-19-30(33,18-17-25-9-14-27(15-10-25)23(4)5)28(21-31)29(32)16-11-24-7-12-26(13-8-24)22(2)3/h7-18,22-23,28,33H,6,19-21H2,1-5H3/b16-11+,18-17+/t28-,30+/m0/s1. The molecule has 1 N–H and O–H groups in total. The maximum absolute atomic E-state index is 13.2. The average Bonchev–Trinajstić information content (AvgIpc) is 2.82. The van der Waals surface area contributed by atoms with Crippen molar-refractivity contribution in [2.24, 2.45) is 5.92 Å². The Bertz CT molecular complexity index is 969. The summed E-state index contributed by atoms with van der Waals surface area (Å²) >= 11 is 0. The van der Waals surface area contributed by atoms with Crippen molar-refractivity contribution in [3.63, 3.8) is 0 Å². The third-order valence-corrected chi connectivity index (χ3v) is 6.87. The zero-order chi connectivity index (χ0) is 24.0. The van der Waals surface area contributed by atoms with Crippen LogP contribution in [0.15, 0.2) is 60.7 Å². The molecule has 1 aliphatic heterocycles. The molecule has 2 aromatic carbocycles. The number of hydrogen-bond donors (Lipinski definition) is 1. The molecule has 1 heterocycles. The molecule has 0 spiro atoms. The van der Waals surface area contributed by atoms with E-state index in [-0.39, 0.29) is 5.78 Å². The van der Waals surface area contributed by atoms with Crippen LogP contribution in [0.3, 0.4) is 0 Å². The first-order valence-electron chi connectivity index (χ1n) is 12.3. The van der Waals surface area contributed by atoms with Crippen molar-refractivity contribution in [1.82, 2.24) is 4.90 Å². The maximum atomic E-state index is 13.2. The highest BCUT2D eigenvalue weighted by Crippen LogP contribution is 2.32. The first-order valence-corrected chi connectivity index (χ1v) is 12.3. The van der Waals surface area contributed by atoms with Gasteiger partial charge >= 0.3 is 0 Å². The zero-order valence-corrected chi connectivity index (χ0v) is 20.8. The van der Waals surface area contributed by atoms with Crippen molar-refractivity contribution in [2.45, 2.75) is 58.5 Å². The van der Waals surface area contributed by atoms with Gasteiger partial charge in [0.05, 0.1) is 11.5 Å². The summed E-state index contributed by atoms with van der Waals surface area (Å²) in [4.78, 5) is 15.5. The zero-order valence-electron chi connectivity index (χ0n) is 20.8. The molecular formula is C30H39NO2. The molecule has 0 aliphatic carbocycles. The molecule has 2 atom stereocenters. The summed E-state index contributed by atoms with van der Waals surface area (Å²) in [5, 5.41) is 11.5. The first-order chi connectivity index (χ1) is 15.7. The molecule has 1 fully saturated rings. The molecule has 0 bridgehead atoms. The summed E-state index contributed by atoms with van der Waals surface area (Å²) in [7, 11) is 0. The second kappa shape index (κ2) is 11.1. The lowest BCUT2D eigenvalue weighted by Gasteiger charge is -2.41. The van der Waals surface area contributed by atoms with E-state index in [4.69, 9.17) is 0 Å². The molecule has 3 rings (SSSR count). The van der Waals surface area contributed by atoms with Crippen LogP contribution >= 0.6 is 0 Å². The Labute approximate surface area is 199 Å². The number of allylic oxidation sites excluding steroid dienone is 1. The van der Waals surface area contributed by atoms with Crippen LogP contribution < -0.4 is 0 Å². The van der Waals surface area contributed by atoms with Gasteiger partial charge in [0.2, 0.25) is 0 Å². The number of carbonyl (C=O) groups is 1. The summed E-state index contributed by atoms with van der Waals surface area (Å²) in [6, 6.07) is 16.7. The van der Waals surface area contributed by atoms with E-state index in [2.05, 4.69) is 75.9 Å². The number of carbonyl (C=O) groups excluding carboxylic acids is 1. The second-order valence-corrected chi connectivity index (χ2v) is 9.90. The highest BCUT2D eigenvalue weighted by atomic mass is 16.3. The highest BCUT2D eigenvalue weighted by molar-refractivity contribution is 5.96. The van der Waals surface area contributed by atoms with Gasteiger partial charge in [0.25, 0.3) is 0 Å². The minimum absolute atomic E-state index is 0.0246. The first kappa shape index (κ1) is 25.1. The number of benzene rings is 2. The Morgan fingerprint density at radius 2 is 1.48 bits per heavy atom. The Morgan fingerprint density at radius 3 is 1.97 bits per heavy atom. The van der Waals surface area contributed by atoms with Crippen molar-refractivity contribution in [3.8, 4) is 0 Å². The number of piperidine rings is 1. The number of rotatable bonds is 8. The predicted octanol–water partition coefficient (Wildman–Crippen LogP) is 6.30. The highest BCUT2D eigenvalue weighted by Gasteiger charge is 2.42. The van der Waals surface area contributed by atoms with Gasteiger partial charge in [-0.15, -0.1) is 0 Å². The fraction of sp³-hybridized carbons (Fsp3) is 0.433. The van der Waals surface area contributed by atoms with E-state index < -0.39 is 11.5 Å². The SMILES string of the molecule is CCN1CC[C@](O)(/C=C/c2ccc(C(C)C)cc2)[C@H](C(=O)/C=C/c2ccc(C(C)C)cc2)C1. The quantitative estimate of drug-likeness (QED) is 0.485. The van der Waals surface area contributed by atoms with Gasteiger partial charge in [-0.05, 0) is 53.1 Å². The van der Waals surface area contributed by atoms with Gasteiger partial charge in [-0.2, -0.15) is 0 Å². The van der Waals surface area contributed by atoms with E-state index in [0.717, 1.165) is 24.2 Å². The van der Waals surface area contributed by atoms with Crippen molar-refractivity contribution in [2.75, 3.05) is 19.6 Å². The number of likely N-dealkylation sites (tertiary alicyclic amines) is 1. The molecule has 3 heteroatoms. The molecule has 2 aromatic rings. The van der Waals surface area contributed by atoms with Gasteiger partial charge in [-0.3, -0.25) is 4.79 Å². The monoisotopic (exact) mass is 445 g/mol. The summed E-state index contributed by atoms with van der Waals surface area (Å²) in [5.41, 5.74) is 3.47. The minimum Gasteiger partial charge on any atom is -0.385 e. The van der Waals surface area contributed by atoms with Gasteiger partial charge in [0.15, 0.2) is 5.78 Å². The number of ketones is 1. The number of aliphatic hydroxyl groups is 1. The third kappa shape index (κ3) is 6.52. The van der Waals surface area contributed by atoms with Gasteiger partial charge in [0, 0.05) is 13.1 Å². The summed E-state index contributed by atoms with van der Waals surface area (Å²) in [5.74, 6) is 0.461. The molecule has 1 aliphatic rings. The van der Waals surface area contributed by atoms with E-state index in [1.54, 1.807) is 6.08 Å². The predicted molar refractivity (Wildman–Crippen MR) is 139 cm³/mol. The topological polar surface area (TPSA) is 40.5 Å². The summed E-state index contributed by atoms with van der Waals surface area (Å²) in [6.07, 6.45) is 7.86. The largest absolute Gasteiger partial charge is 0.385 e. The molecule has 33 heavy (non-hydrogen) atoms. The van der Waals surface area contributed by atoms with Crippen LogP contribution in [0.4, 0.5) is 0 Å². The van der Waals surface area contributed by atoms with Crippen LogP contribution in [0.1, 0.15) is 75.1 Å². The van der Waals surface area contributed by atoms with Gasteiger partial charge in [0.1, 0.15) is 0 Å². The van der Waals surface area contributed by atoms with E-state index >= 15 is 0 Å². The Kier molecular flexibility index (Phi) is 8.45. The lowest BCUT2D eigenvalue weighted by atomic mass is 9.77. The molecule has 0 unspecified atom stereocenters. The fourth-order valence-electron chi connectivity index (χ4n) is 4.36. The maximum Gasteiger partial charge on any atom is 0.163 e. The molecular weight excluding hydrogens is 406 g/mol. The molecule has 0 aromatic heterocycles. The van der Waals surface area contributed by atoms with Gasteiger partial charge < -0.3 is 10.0 Å². The van der Waals surface area contributed by atoms with Crippen LogP contribution in [-0.2, 0) is 4.79 Å². The molecule has 0 radical (unpaired) electrons. The van der Waals surface area contributed by atoms with Crippen molar-refractivity contribution in [3.05, 3.63) is 82.9 Å². The molecule has 176 valence electrons. The van der Waals surface area contributed by atoms with Crippen LogP contribution in [0.5, 0.6) is 0 Å². The fourth-order valence-corrected chi connectivity index (χ4v) is 4.36. The summed E-state index contributed by atoms with van der Waals surface area (Å²) < 4.78 is 0. The molecule has 0 amide bonds. The third-order valence-electron chi connectivity index (χ3n) is 6.87. The molecule has 3 nitrogen and oxygen atoms in total. The van der Waals surface area contributed by atoms with Crippen molar-refractivity contribution >= 4 is 17.9 Å². The molecule has 0 saturated carbocycles. The second-order valence-electron chi connectivity index (χ2n) is 9.90. The minimum atomic E-state index is -1.15. The van der Waals surface area contributed by atoms with Crippen LogP contribution in [0, 0.1) is 5.92 Å².